The van der Waals surface area contributed by atoms with Gasteiger partial charge in [0, 0.05) is 44.5 Å². The molecular weight excluding hydrogens is 202 g/mol. The molecule has 1 fully saturated rings. The molecule has 0 bridgehead atoms. The highest BCUT2D eigenvalue weighted by molar-refractivity contribution is 5.46. The molecule has 0 radical (unpaired) electrons. The summed E-state index contributed by atoms with van der Waals surface area (Å²) >= 11 is 0. The maximum Gasteiger partial charge on any atom is 0.136 e. The molecule has 16 heavy (non-hydrogen) atoms. The molecule has 1 aromatic heterocycles. The van der Waals surface area contributed by atoms with E-state index in [0.717, 1.165) is 43.4 Å². The van der Waals surface area contributed by atoms with Crippen LogP contribution in [0.2, 0.25) is 0 Å². The van der Waals surface area contributed by atoms with Gasteiger partial charge in [-0.2, -0.15) is 0 Å². The van der Waals surface area contributed by atoms with E-state index < -0.39 is 0 Å². The first-order chi connectivity index (χ1) is 7.70. The second kappa shape index (κ2) is 4.76. The van der Waals surface area contributed by atoms with E-state index in [9.17, 15) is 0 Å². The second-order valence-electron chi connectivity index (χ2n) is 4.26. The fourth-order valence-corrected chi connectivity index (χ4v) is 1.92. The number of anilines is 1. The molecule has 1 aliphatic rings. The van der Waals surface area contributed by atoms with Crippen molar-refractivity contribution in [1.29, 1.82) is 0 Å². The first kappa shape index (κ1) is 11.3. The van der Waals surface area contributed by atoms with E-state index in [1.54, 1.807) is 0 Å². The summed E-state index contributed by atoms with van der Waals surface area (Å²) in [7, 11) is 2.15. The van der Waals surface area contributed by atoms with Crippen LogP contribution in [0.5, 0.6) is 0 Å². The van der Waals surface area contributed by atoms with Gasteiger partial charge in [-0.3, -0.25) is 0 Å². The molecule has 1 saturated heterocycles. The average Bonchev–Trinajstić information content (AvgIpc) is 2.30. The number of nitrogens with two attached hydrogens (primary N) is 1. The fraction of sp³-hybridized carbons (Fsp3) is 0.636. The summed E-state index contributed by atoms with van der Waals surface area (Å²) in [6.07, 6.45) is 1.84. The van der Waals surface area contributed by atoms with E-state index in [4.69, 9.17) is 5.73 Å². The molecule has 2 rings (SSSR count). The van der Waals surface area contributed by atoms with Crippen LogP contribution in [0.3, 0.4) is 0 Å². The maximum absolute atomic E-state index is 5.72. The number of rotatable bonds is 2. The van der Waals surface area contributed by atoms with E-state index in [0.29, 0.717) is 6.54 Å². The van der Waals surface area contributed by atoms with Crippen molar-refractivity contribution in [2.45, 2.75) is 13.5 Å². The quantitative estimate of drug-likeness (QED) is 0.761. The molecule has 0 amide bonds. The third-order valence-electron chi connectivity index (χ3n) is 2.98. The van der Waals surface area contributed by atoms with Gasteiger partial charge < -0.3 is 15.5 Å². The topological polar surface area (TPSA) is 58.3 Å². The van der Waals surface area contributed by atoms with Gasteiger partial charge in [-0.05, 0) is 14.0 Å². The third kappa shape index (κ3) is 2.31. The Kier molecular flexibility index (Phi) is 3.36. The van der Waals surface area contributed by atoms with Gasteiger partial charge in [0.2, 0.25) is 0 Å². The first-order valence-corrected chi connectivity index (χ1v) is 5.67. The fourth-order valence-electron chi connectivity index (χ4n) is 1.92. The Morgan fingerprint density at radius 3 is 2.62 bits per heavy atom. The SMILES string of the molecule is Cc1ncc(CN)c(N2CCN(C)CC2)n1. The van der Waals surface area contributed by atoms with Crippen LogP contribution in [0, 0.1) is 6.92 Å². The van der Waals surface area contributed by atoms with Crippen molar-refractivity contribution >= 4 is 5.82 Å². The van der Waals surface area contributed by atoms with Crippen LogP contribution in [-0.2, 0) is 6.54 Å². The van der Waals surface area contributed by atoms with Gasteiger partial charge in [0.25, 0.3) is 0 Å². The number of nitrogens with zero attached hydrogens (tertiary/aromatic N) is 4. The number of hydrogen-bond acceptors (Lipinski definition) is 5. The van der Waals surface area contributed by atoms with E-state index in [2.05, 4.69) is 26.8 Å². The maximum atomic E-state index is 5.72. The normalized spacial score (nSPS) is 17.8. The summed E-state index contributed by atoms with van der Waals surface area (Å²) in [5.41, 5.74) is 6.75. The Labute approximate surface area is 96.3 Å². The molecule has 0 saturated carbocycles. The van der Waals surface area contributed by atoms with Crippen molar-refractivity contribution in [3.05, 3.63) is 17.6 Å². The number of aryl methyl sites for hydroxylation is 1. The van der Waals surface area contributed by atoms with Gasteiger partial charge in [0.15, 0.2) is 0 Å². The summed E-state index contributed by atoms with van der Waals surface area (Å²) in [6, 6.07) is 0. The summed E-state index contributed by atoms with van der Waals surface area (Å²) in [5.74, 6) is 1.83. The minimum atomic E-state index is 0.502. The highest BCUT2D eigenvalue weighted by Crippen LogP contribution is 2.18. The van der Waals surface area contributed by atoms with Crippen molar-refractivity contribution in [2.24, 2.45) is 5.73 Å². The Morgan fingerprint density at radius 2 is 2.00 bits per heavy atom. The lowest BCUT2D eigenvalue weighted by Crippen LogP contribution is -2.45. The molecule has 0 aromatic carbocycles. The van der Waals surface area contributed by atoms with Crippen LogP contribution in [0.1, 0.15) is 11.4 Å². The number of piperazine rings is 1. The Balaban J connectivity index is 2.21. The molecule has 0 unspecified atom stereocenters. The highest BCUT2D eigenvalue weighted by atomic mass is 15.3. The molecule has 5 heteroatoms. The van der Waals surface area contributed by atoms with Gasteiger partial charge in [0.05, 0.1) is 0 Å². The minimum Gasteiger partial charge on any atom is -0.354 e. The van der Waals surface area contributed by atoms with Gasteiger partial charge in [-0.1, -0.05) is 0 Å². The van der Waals surface area contributed by atoms with Crippen molar-refractivity contribution in [2.75, 3.05) is 38.1 Å². The molecule has 1 aliphatic heterocycles. The average molecular weight is 221 g/mol. The third-order valence-corrected chi connectivity index (χ3v) is 2.98. The molecule has 2 N–H and O–H groups in total. The van der Waals surface area contributed by atoms with Crippen LogP contribution >= 0.6 is 0 Å². The minimum absolute atomic E-state index is 0.502. The largest absolute Gasteiger partial charge is 0.354 e. The zero-order valence-electron chi connectivity index (χ0n) is 9.98. The smallest absolute Gasteiger partial charge is 0.136 e. The summed E-state index contributed by atoms with van der Waals surface area (Å²) in [6.45, 7) is 6.60. The van der Waals surface area contributed by atoms with Crippen LogP contribution in [0.15, 0.2) is 6.20 Å². The van der Waals surface area contributed by atoms with E-state index in [1.807, 2.05) is 13.1 Å². The Morgan fingerprint density at radius 1 is 1.31 bits per heavy atom. The van der Waals surface area contributed by atoms with E-state index in [-0.39, 0.29) is 0 Å². The van der Waals surface area contributed by atoms with E-state index >= 15 is 0 Å². The number of hydrogen-bond donors (Lipinski definition) is 1. The lowest BCUT2D eigenvalue weighted by Gasteiger charge is -2.34. The van der Waals surface area contributed by atoms with Crippen LogP contribution in [-0.4, -0.2) is 48.1 Å². The summed E-state index contributed by atoms with van der Waals surface area (Å²) < 4.78 is 0. The molecule has 0 aliphatic carbocycles. The lowest BCUT2D eigenvalue weighted by molar-refractivity contribution is 0.311. The molecule has 88 valence electrons. The molecule has 1 aromatic rings. The second-order valence-corrected chi connectivity index (χ2v) is 4.26. The predicted octanol–water partition coefficient (Wildman–Crippen LogP) is -0.00448. The van der Waals surface area contributed by atoms with Gasteiger partial charge in [-0.15, -0.1) is 0 Å². The van der Waals surface area contributed by atoms with Gasteiger partial charge in [0.1, 0.15) is 11.6 Å². The number of likely N-dealkylation sites (N-methyl/N-ethyl adjacent to an activating group) is 1. The van der Waals surface area contributed by atoms with Crippen molar-refractivity contribution in [3.8, 4) is 0 Å². The van der Waals surface area contributed by atoms with Crippen LogP contribution < -0.4 is 10.6 Å². The van der Waals surface area contributed by atoms with Gasteiger partial charge in [-0.25, -0.2) is 9.97 Å². The van der Waals surface area contributed by atoms with E-state index in [1.165, 1.54) is 0 Å². The van der Waals surface area contributed by atoms with Gasteiger partial charge >= 0.3 is 0 Å². The standard InChI is InChI=1S/C11H19N5/c1-9-13-8-10(7-12)11(14-9)16-5-3-15(2)4-6-16/h8H,3-7,12H2,1-2H3. The lowest BCUT2D eigenvalue weighted by atomic mass is 10.2. The van der Waals surface area contributed by atoms with Crippen molar-refractivity contribution in [3.63, 3.8) is 0 Å². The highest BCUT2D eigenvalue weighted by Gasteiger charge is 2.18. The zero-order chi connectivity index (χ0) is 11.5. The number of aromatic nitrogens is 2. The van der Waals surface area contributed by atoms with Crippen molar-refractivity contribution in [1.82, 2.24) is 14.9 Å². The molecule has 2 heterocycles. The zero-order valence-corrected chi connectivity index (χ0v) is 9.98. The Bertz CT molecular complexity index is 357. The van der Waals surface area contributed by atoms with Crippen molar-refractivity contribution < 1.29 is 0 Å². The first-order valence-electron chi connectivity index (χ1n) is 5.67. The van der Waals surface area contributed by atoms with Crippen LogP contribution in [0.4, 0.5) is 5.82 Å². The molecule has 5 nitrogen and oxygen atoms in total. The summed E-state index contributed by atoms with van der Waals surface area (Å²) in [4.78, 5) is 13.3. The monoisotopic (exact) mass is 221 g/mol. The Hall–Kier alpha value is -1.20. The molecule has 0 atom stereocenters. The van der Waals surface area contributed by atoms with Crippen LogP contribution in [0.25, 0.3) is 0 Å². The molecule has 0 spiro atoms. The molecular formula is C11H19N5. The summed E-state index contributed by atoms with van der Waals surface area (Å²) in [5, 5.41) is 0. The predicted molar refractivity (Wildman–Crippen MR) is 64.4 cm³/mol.